The highest BCUT2D eigenvalue weighted by Gasteiger charge is 2.22. The van der Waals surface area contributed by atoms with Gasteiger partial charge >= 0.3 is 0 Å². The number of anilines is 1. The summed E-state index contributed by atoms with van der Waals surface area (Å²) < 4.78 is 5.77. The molecule has 1 aliphatic heterocycles. The molecule has 4 rings (SSSR count). The second kappa shape index (κ2) is 9.26. The van der Waals surface area contributed by atoms with E-state index in [9.17, 15) is 9.59 Å². The minimum Gasteiger partial charge on any atom is -0.372 e. The zero-order chi connectivity index (χ0) is 21.8. The van der Waals surface area contributed by atoms with Gasteiger partial charge in [-0.3, -0.25) is 9.59 Å². The van der Waals surface area contributed by atoms with Gasteiger partial charge in [-0.05, 0) is 37.6 Å². The zero-order valence-electron chi connectivity index (χ0n) is 17.8. The fourth-order valence-corrected chi connectivity index (χ4v) is 3.85. The average molecular weight is 422 g/mol. The first-order chi connectivity index (χ1) is 15.0. The van der Waals surface area contributed by atoms with E-state index in [0.29, 0.717) is 29.7 Å². The maximum Gasteiger partial charge on any atom is 0.258 e. The summed E-state index contributed by atoms with van der Waals surface area (Å²) in [6, 6.07) is 11.1. The van der Waals surface area contributed by atoms with Gasteiger partial charge < -0.3 is 19.9 Å². The maximum atomic E-state index is 12.3. The van der Waals surface area contributed by atoms with Gasteiger partial charge in [0.25, 0.3) is 5.56 Å². The van der Waals surface area contributed by atoms with E-state index in [0.717, 1.165) is 24.5 Å². The van der Waals surface area contributed by atoms with Crippen molar-refractivity contribution in [3.63, 3.8) is 0 Å². The zero-order valence-corrected chi connectivity index (χ0v) is 17.8. The van der Waals surface area contributed by atoms with Crippen LogP contribution in [-0.2, 0) is 22.5 Å². The summed E-state index contributed by atoms with van der Waals surface area (Å²) in [5.74, 6) is 1.33. The Kier molecular flexibility index (Phi) is 6.27. The number of hydrogen-bond acceptors (Lipinski definition) is 6. The molecule has 8 heteroatoms. The van der Waals surface area contributed by atoms with Crippen molar-refractivity contribution >= 4 is 22.6 Å². The summed E-state index contributed by atoms with van der Waals surface area (Å²) in [6.07, 6.45) is 2.77. The van der Waals surface area contributed by atoms with E-state index in [2.05, 4.69) is 39.0 Å². The van der Waals surface area contributed by atoms with Crippen molar-refractivity contribution in [3.8, 4) is 0 Å². The molecule has 0 radical (unpaired) electrons. The number of rotatable bonds is 6. The van der Waals surface area contributed by atoms with Crippen molar-refractivity contribution in [1.29, 1.82) is 0 Å². The second-order valence-corrected chi connectivity index (χ2v) is 7.99. The Labute approximate surface area is 180 Å². The number of fused-ring (bicyclic) bond motifs is 1. The Bertz CT molecular complexity index is 1100. The highest BCUT2D eigenvalue weighted by molar-refractivity contribution is 5.78. The molecular weight excluding hydrogens is 394 g/mol. The number of para-hydroxylation sites is 1. The molecule has 0 bridgehead atoms. The van der Waals surface area contributed by atoms with Crippen molar-refractivity contribution in [2.45, 2.75) is 45.4 Å². The van der Waals surface area contributed by atoms with Crippen molar-refractivity contribution in [1.82, 2.24) is 20.3 Å². The normalized spacial score (nSPS) is 18.8. The van der Waals surface area contributed by atoms with Crippen LogP contribution in [0.3, 0.4) is 0 Å². The van der Waals surface area contributed by atoms with Gasteiger partial charge in [-0.15, -0.1) is 0 Å². The quantitative estimate of drug-likeness (QED) is 0.633. The van der Waals surface area contributed by atoms with E-state index in [1.807, 2.05) is 18.2 Å². The molecule has 3 aromatic rings. The first-order valence-corrected chi connectivity index (χ1v) is 10.6. The van der Waals surface area contributed by atoms with E-state index in [1.165, 1.54) is 0 Å². The molecule has 31 heavy (non-hydrogen) atoms. The molecule has 8 nitrogen and oxygen atoms in total. The highest BCUT2D eigenvalue weighted by atomic mass is 16.5. The van der Waals surface area contributed by atoms with E-state index in [4.69, 9.17) is 4.74 Å². The van der Waals surface area contributed by atoms with Crippen LogP contribution in [0.1, 0.15) is 31.7 Å². The van der Waals surface area contributed by atoms with Crippen LogP contribution in [0.15, 0.2) is 47.4 Å². The number of carbonyl (C=O) groups is 1. The van der Waals surface area contributed by atoms with Crippen molar-refractivity contribution in [2.24, 2.45) is 0 Å². The highest BCUT2D eigenvalue weighted by Crippen LogP contribution is 2.18. The van der Waals surface area contributed by atoms with Gasteiger partial charge in [-0.1, -0.05) is 18.2 Å². The predicted octanol–water partition coefficient (Wildman–Crippen LogP) is 2.18. The SMILES string of the molecule is CC1CN(c2ccc(CNC(=O)CCc3nc4ccccc4c(=O)[nH]3)cn2)CC(C)O1. The Hall–Kier alpha value is -3.26. The van der Waals surface area contributed by atoms with Gasteiger partial charge in [0.15, 0.2) is 0 Å². The van der Waals surface area contributed by atoms with Crippen LogP contribution >= 0.6 is 0 Å². The monoisotopic (exact) mass is 421 g/mol. The molecule has 2 atom stereocenters. The van der Waals surface area contributed by atoms with Crippen LogP contribution in [0.2, 0.25) is 0 Å². The summed E-state index contributed by atoms with van der Waals surface area (Å²) in [5, 5.41) is 3.45. The Morgan fingerprint density at radius 1 is 1.19 bits per heavy atom. The van der Waals surface area contributed by atoms with Crippen molar-refractivity contribution in [3.05, 3.63) is 64.3 Å². The maximum absolute atomic E-state index is 12.3. The van der Waals surface area contributed by atoms with Crippen molar-refractivity contribution in [2.75, 3.05) is 18.0 Å². The molecule has 162 valence electrons. The number of carbonyl (C=O) groups excluding carboxylic acids is 1. The van der Waals surface area contributed by atoms with Crippen molar-refractivity contribution < 1.29 is 9.53 Å². The number of aromatic nitrogens is 3. The number of hydrogen-bond donors (Lipinski definition) is 2. The number of nitrogens with zero attached hydrogens (tertiary/aromatic N) is 3. The van der Waals surface area contributed by atoms with Crippen LogP contribution in [0.5, 0.6) is 0 Å². The van der Waals surface area contributed by atoms with E-state index in [-0.39, 0.29) is 30.1 Å². The lowest BCUT2D eigenvalue weighted by Gasteiger charge is -2.36. The summed E-state index contributed by atoms with van der Waals surface area (Å²) >= 11 is 0. The first-order valence-electron chi connectivity index (χ1n) is 10.6. The first kappa shape index (κ1) is 21.0. The number of morpholine rings is 1. The molecule has 2 aromatic heterocycles. The fraction of sp³-hybridized carbons (Fsp3) is 0.391. The van der Waals surface area contributed by atoms with Gasteiger partial charge in [-0.25, -0.2) is 9.97 Å². The molecule has 1 amide bonds. The molecule has 0 spiro atoms. The molecular formula is C23H27N5O3. The third kappa shape index (κ3) is 5.27. The largest absolute Gasteiger partial charge is 0.372 e. The van der Waals surface area contributed by atoms with Crippen LogP contribution in [0.4, 0.5) is 5.82 Å². The lowest BCUT2D eigenvalue weighted by atomic mass is 10.2. The molecule has 1 aromatic carbocycles. The van der Waals surface area contributed by atoms with Gasteiger partial charge in [0.05, 0.1) is 23.1 Å². The number of aromatic amines is 1. The van der Waals surface area contributed by atoms with Gasteiger partial charge in [0.1, 0.15) is 11.6 Å². The molecule has 2 N–H and O–H groups in total. The Morgan fingerprint density at radius 3 is 2.71 bits per heavy atom. The summed E-state index contributed by atoms with van der Waals surface area (Å²) in [4.78, 5) is 38.3. The van der Waals surface area contributed by atoms with Gasteiger partial charge in [0, 0.05) is 38.7 Å². The molecule has 1 aliphatic rings. The second-order valence-electron chi connectivity index (χ2n) is 7.99. The van der Waals surface area contributed by atoms with E-state index >= 15 is 0 Å². The van der Waals surface area contributed by atoms with Gasteiger partial charge in [0.2, 0.25) is 5.91 Å². The Balaban J connectivity index is 1.28. The number of aryl methyl sites for hydroxylation is 1. The van der Waals surface area contributed by atoms with Crippen LogP contribution < -0.4 is 15.8 Å². The summed E-state index contributed by atoms with van der Waals surface area (Å²) in [7, 11) is 0. The third-order valence-corrected chi connectivity index (χ3v) is 5.29. The summed E-state index contributed by atoms with van der Waals surface area (Å²) in [6.45, 7) is 6.17. The third-order valence-electron chi connectivity index (χ3n) is 5.29. The molecule has 3 heterocycles. The minimum absolute atomic E-state index is 0.101. The van der Waals surface area contributed by atoms with E-state index in [1.54, 1.807) is 24.4 Å². The fourth-order valence-electron chi connectivity index (χ4n) is 3.85. The predicted molar refractivity (Wildman–Crippen MR) is 119 cm³/mol. The van der Waals surface area contributed by atoms with E-state index < -0.39 is 0 Å². The number of benzene rings is 1. The summed E-state index contributed by atoms with van der Waals surface area (Å²) in [5.41, 5.74) is 1.39. The molecule has 1 saturated heterocycles. The topological polar surface area (TPSA) is 100 Å². The van der Waals surface area contributed by atoms with Gasteiger partial charge in [-0.2, -0.15) is 0 Å². The lowest BCUT2D eigenvalue weighted by molar-refractivity contribution is -0.121. The number of H-pyrrole nitrogens is 1. The standard InChI is InChI=1S/C23H27N5O3/c1-15-13-28(14-16(2)31-15)21-9-7-17(11-24-21)12-25-22(29)10-8-20-26-19-6-4-3-5-18(19)23(30)27-20/h3-7,9,11,15-16H,8,10,12-14H2,1-2H3,(H,25,29)(H,26,27,30). The smallest absolute Gasteiger partial charge is 0.258 e. The number of pyridine rings is 1. The number of nitrogens with one attached hydrogen (secondary N) is 2. The number of amides is 1. The molecule has 0 aliphatic carbocycles. The molecule has 1 fully saturated rings. The Morgan fingerprint density at radius 2 is 1.97 bits per heavy atom. The van der Waals surface area contributed by atoms with Crippen LogP contribution in [0, 0.1) is 0 Å². The minimum atomic E-state index is -0.184. The average Bonchev–Trinajstić information content (AvgIpc) is 2.76. The molecule has 0 saturated carbocycles. The van der Waals surface area contributed by atoms with Crippen LogP contribution in [-0.4, -0.2) is 46.2 Å². The number of ether oxygens (including phenoxy) is 1. The lowest BCUT2D eigenvalue weighted by Crippen LogP contribution is -2.45. The van der Waals surface area contributed by atoms with Crippen LogP contribution in [0.25, 0.3) is 10.9 Å². The molecule has 2 unspecified atom stereocenters.